The molecular weight excluding hydrogens is 392 g/mol. The van der Waals surface area contributed by atoms with Crippen molar-refractivity contribution in [1.82, 2.24) is 15.0 Å². The van der Waals surface area contributed by atoms with Crippen LogP contribution in [0.4, 0.5) is 11.5 Å². The van der Waals surface area contributed by atoms with E-state index in [1.54, 1.807) is 18.6 Å². The minimum atomic E-state index is -0.462. The third kappa shape index (κ3) is 4.70. The van der Waals surface area contributed by atoms with Gasteiger partial charge in [-0.25, -0.2) is 9.97 Å². The van der Waals surface area contributed by atoms with Gasteiger partial charge in [0.25, 0.3) is 5.91 Å². The van der Waals surface area contributed by atoms with E-state index < -0.39 is 5.91 Å². The summed E-state index contributed by atoms with van der Waals surface area (Å²) in [6.45, 7) is 4.04. The SMILES string of the molecule is CC1(C)CC(N)CC(c2ccncc2NC(=O)c2nc(-c3ccccc3)cnc2N)O1. The number of ether oxygens (including phenoxy) is 1. The largest absolute Gasteiger partial charge is 0.382 e. The lowest BCUT2D eigenvalue weighted by molar-refractivity contribution is -0.114. The second-order valence-electron chi connectivity index (χ2n) is 8.34. The lowest BCUT2D eigenvalue weighted by Crippen LogP contribution is -2.42. The van der Waals surface area contributed by atoms with Crippen LogP contribution in [0, 0.1) is 0 Å². The Morgan fingerprint density at radius 1 is 1.19 bits per heavy atom. The monoisotopic (exact) mass is 418 g/mol. The van der Waals surface area contributed by atoms with Crippen LogP contribution in [-0.2, 0) is 4.74 Å². The number of nitrogens with one attached hydrogen (secondary N) is 1. The molecule has 0 spiro atoms. The average Bonchev–Trinajstić information content (AvgIpc) is 2.73. The zero-order chi connectivity index (χ0) is 22.0. The van der Waals surface area contributed by atoms with Gasteiger partial charge in [-0.1, -0.05) is 30.3 Å². The van der Waals surface area contributed by atoms with Crippen molar-refractivity contribution < 1.29 is 9.53 Å². The first-order chi connectivity index (χ1) is 14.8. The summed E-state index contributed by atoms with van der Waals surface area (Å²) in [4.78, 5) is 25.8. The average molecular weight is 419 g/mol. The summed E-state index contributed by atoms with van der Waals surface area (Å²) in [6.07, 6.45) is 5.99. The van der Waals surface area contributed by atoms with Gasteiger partial charge in [-0.15, -0.1) is 0 Å². The second kappa shape index (κ2) is 8.41. The number of carbonyl (C=O) groups is 1. The van der Waals surface area contributed by atoms with Crippen LogP contribution < -0.4 is 16.8 Å². The Bertz CT molecular complexity index is 1090. The van der Waals surface area contributed by atoms with Crippen molar-refractivity contribution in [3.05, 3.63) is 66.2 Å². The molecule has 8 nitrogen and oxygen atoms in total. The first-order valence-corrected chi connectivity index (χ1v) is 10.2. The Labute approximate surface area is 181 Å². The summed E-state index contributed by atoms with van der Waals surface area (Å²) < 4.78 is 6.25. The number of hydrogen-bond donors (Lipinski definition) is 3. The molecule has 4 rings (SSSR count). The summed E-state index contributed by atoms with van der Waals surface area (Å²) in [6, 6.07) is 11.3. The molecule has 3 heterocycles. The number of nitrogens with zero attached hydrogens (tertiary/aromatic N) is 3. The highest BCUT2D eigenvalue weighted by Gasteiger charge is 2.35. The van der Waals surface area contributed by atoms with Crippen molar-refractivity contribution in [3.8, 4) is 11.3 Å². The summed E-state index contributed by atoms with van der Waals surface area (Å²) in [5.41, 5.74) is 14.7. The van der Waals surface area contributed by atoms with Gasteiger partial charge in [-0.05, 0) is 32.8 Å². The number of hydrogen-bond acceptors (Lipinski definition) is 7. The fourth-order valence-electron chi connectivity index (χ4n) is 3.95. The number of benzene rings is 1. The van der Waals surface area contributed by atoms with Crippen LogP contribution in [0.15, 0.2) is 55.0 Å². The van der Waals surface area contributed by atoms with Crippen molar-refractivity contribution in [1.29, 1.82) is 0 Å². The van der Waals surface area contributed by atoms with Gasteiger partial charge in [0.2, 0.25) is 0 Å². The number of pyridine rings is 1. The Morgan fingerprint density at radius 2 is 1.97 bits per heavy atom. The maximum Gasteiger partial charge on any atom is 0.278 e. The Balaban J connectivity index is 1.62. The molecule has 1 aliphatic heterocycles. The molecule has 0 bridgehead atoms. The molecule has 1 amide bonds. The van der Waals surface area contributed by atoms with E-state index in [0.717, 1.165) is 17.5 Å². The number of nitrogens with two attached hydrogens (primary N) is 2. The smallest absolute Gasteiger partial charge is 0.278 e. The molecule has 0 radical (unpaired) electrons. The molecule has 0 saturated carbocycles. The molecule has 8 heteroatoms. The summed E-state index contributed by atoms with van der Waals surface area (Å²) >= 11 is 0. The Hall–Kier alpha value is -3.36. The number of aromatic nitrogens is 3. The summed E-state index contributed by atoms with van der Waals surface area (Å²) in [7, 11) is 0. The molecule has 1 saturated heterocycles. The van der Waals surface area contributed by atoms with Gasteiger partial charge in [-0.2, -0.15) is 0 Å². The molecule has 31 heavy (non-hydrogen) atoms. The van der Waals surface area contributed by atoms with Gasteiger partial charge >= 0.3 is 0 Å². The standard InChI is InChI=1S/C23H26N6O2/c1-23(2)11-15(24)10-19(31-23)16-8-9-26-12-18(16)29-22(30)20-21(25)27-13-17(28-20)14-6-4-3-5-7-14/h3-9,12-13,15,19H,10-11,24H2,1-2H3,(H2,25,27)(H,29,30). The number of nitrogen functional groups attached to an aromatic ring is 1. The van der Waals surface area contributed by atoms with Gasteiger partial charge in [0, 0.05) is 23.4 Å². The molecular formula is C23H26N6O2. The van der Waals surface area contributed by atoms with Gasteiger partial charge in [0.1, 0.15) is 0 Å². The van der Waals surface area contributed by atoms with E-state index in [-0.39, 0.29) is 29.3 Å². The first kappa shape index (κ1) is 20.9. The van der Waals surface area contributed by atoms with Crippen LogP contribution in [0.1, 0.15) is 48.8 Å². The molecule has 1 aliphatic rings. The van der Waals surface area contributed by atoms with Crippen LogP contribution in [0.5, 0.6) is 0 Å². The zero-order valence-electron chi connectivity index (χ0n) is 17.6. The number of anilines is 2. The van der Waals surface area contributed by atoms with Crippen LogP contribution in [0.25, 0.3) is 11.3 Å². The third-order valence-electron chi connectivity index (χ3n) is 5.27. The highest BCUT2D eigenvalue weighted by Crippen LogP contribution is 2.38. The van der Waals surface area contributed by atoms with Crippen molar-refractivity contribution in [2.24, 2.45) is 5.73 Å². The van der Waals surface area contributed by atoms with Crippen LogP contribution in [0.3, 0.4) is 0 Å². The maximum atomic E-state index is 13.1. The third-order valence-corrected chi connectivity index (χ3v) is 5.27. The van der Waals surface area contributed by atoms with Gasteiger partial charge in [0.05, 0.1) is 35.5 Å². The van der Waals surface area contributed by atoms with Gasteiger partial charge in [-0.3, -0.25) is 9.78 Å². The molecule has 5 N–H and O–H groups in total. The van der Waals surface area contributed by atoms with E-state index >= 15 is 0 Å². The quantitative estimate of drug-likeness (QED) is 0.592. The maximum absolute atomic E-state index is 13.1. The molecule has 1 fully saturated rings. The minimum Gasteiger partial charge on any atom is -0.382 e. The lowest BCUT2D eigenvalue weighted by Gasteiger charge is -2.40. The predicted octanol–water partition coefficient (Wildman–Crippen LogP) is 3.33. The molecule has 2 atom stereocenters. The van der Waals surface area contributed by atoms with Crippen molar-refractivity contribution in [2.75, 3.05) is 11.1 Å². The van der Waals surface area contributed by atoms with E-state index in [9.17, 15) is 4.79 Å². The van der Waals surface area contributed by atoms with Crippen molar-refractivity contribution >= 4 is 17.4 Å². The Kier molecular flexibility index (Phi) is 5.67. The fraction of sp³-hybridized carbons (Fsp3) is 0.304. The van der Waals surface area contributed by atoms with E-state index in [2.05, 4.69) is 20.3 Å². The topological polar surface area (TPSA) is 129 Å². The van der Waals surface area contributed by atoms with E-state index in [1.807, 2.05) is 50.2 Å². The van der Waals surface area contributed by atoms with Crippen molar-refractivity contribution in [3.63, 3.8) is 0 Å². The van der Waals surface area contributed by atoms with Crippen LogP contribution in [0.2, 0.25) is 0 Å². The minimum absolute atomic E-state index is 0.00883. The Morgan fingerprint density at radius 3 is 2.71 bits per heavy atom. The molecule has 160 valence electrons. The molecule has 2 aromatic heterocycles. The lowest BCUT2D eigenvalue weighted by atomic mass is 9.88. The van der Waals surface area contributed by atoms with E-state index in [1.165, 1.54) is 0 Å². The van der Waals surface area contributed by atoms with E-state index in [0.29, 0.717) is 17.8 Å². The summed E-state index contributed by atoms with van der Waals surface area (Å²) in [5.74, 6) is -0.406. The van der Waals surface area contributed by atoms with Crippen LogP contribution >= 0.6 is 0 Å². The fourth-order valence-corrected chi connectivity index (χ4v) is 3.95. The highest BCUT2D eigenvalue weighted by molar-refractivity contribution is 6.06. The highest BCUT2D eigenvalue weighted by atomic mass is 16.5. The van der Waals surface area contributed by atoms with Crippen LogP contribution in [-0.4, -0.2) is 32.5 Å². The van der Waals surface area contributed by atoms with Crippen molar-refractivity contribution in [2.45, 2.75) is 44.4 Å². The zero-order valence-corrected chi connectivity index (χ0v) is 17.6. The molecule has 0 aliphatic carbocycles. The number of carbonyl (C=O) groups excluding carboxylic acids is 1. The van der Waals surface area contributed by atoms with Gasteiger partial charge < -0.3 is 21.5 Å². The van der Waals surface area contributed by atoms with Gasteiger partial charge in [0.15, 0.2) is 11.5 Å². The van der Waals surface area contributed by atoms with E-state index in [4.69, 9.17) is 16.2 Å². The summed E-state index contributed by atoms with van der Waals surface area (Å²) in [5, 5.41) is 2.88. The predicted molar refractivity (Wildman–Crippen MR) is 119 cm³/mol. The second-order valence-corrected chi connectivity index (χ2v) is 8.34. The molecule has 2 unspecified atom stereocenters. The molecule has 1 aromatic carbocycles. The number of amides is 1. The normalized spacial score (nSPS) is 20.2. The molecule has 3 aromatic rings. The first-order valence-electron chi connectivity index (χ1n) is 10.2. The number of rotatable bonds is 4.